The number of benzene rings is 4. The number of aryl methyl sites for hydroxylation is 1. The van der Waals surface area contributed by atoms with E-state index < -0.39 is 6.29 Å². The lowest BCUT2D eigenvalue weighted by atomic mass is 10.0. The van der Waals surface area contributed by atoms with E-state index in [1.165, 1.54) is 0 Å². The van der Waals surface area contributed by atoms with Gasteiger partial charge in [-0.2, -0.15) is 0 Å². The molecule has 2 heterocycles. The Hall–Kier alpha value is -4.61. The third-order valence-electron chi connectivity index (χ3n) is 7.32. The van der Waals surface area contributed by atoms with E-state index in [1.807, 2.05) is 96.7 Å². The van der Waals surface area contributed by atoms with E-state index in [4.69, 9.17) is 14.2 Å². The zero-order valence-corrected chi connectivity index (χ0v) is 25.5. The van der Waals surface area contributed by atoms with Gasteiger partial charge in [0, 0.05) is 48.6 Å². The smallest absolute Gasteiger partial charge is 0.323 e. The van der Waals surface area contributed by atoms with Gasteiger partial charge in [-0.05, 0) is 59.7 Å². The second kappa shape index (κ2) is 14.4. The van der Waals surface area contributed by atoms with Gasteiger partial charge in [-0.1, -0.05) is 66.4 Å². The lowest BCUT2D eigenvalue weighted by molar-refractivity contribution is -0.245. The summed E-state index contributed by atoms with van der Waals surface area (Å²) >= 11 is 1.65. The Labute approximate surface area is 266 Å². The number of aromatic nitrogens is 2. The third-order valence-corrected chi connectivity index (χ3v) is 8.51. The van der Waals surface area contributed by atoms with Gasteiger partial charge in [-0.25, -0.2) is 9.78 Å². The van der Waals surface area contributed by atoms with Gasteiger partial charge in [0.05, 0.1) is 18.8 Å². The summed E-state index contributed by atoms with van der Waals surface area (Å²) in [6.07, 6.45) is 3.54. The summed E-state index contributed by atoms with van der Waals surface area (Å²) in [5.41, 5.74) is 4.00. The van der Waals surface area contributed by atoms with Crippen LogP contribution in [-0.2, 0) is 23.1 Å². The number of nitrogens with zero attached hydrogens (tertiary/aromatic N) is 2. The molecular formula is C35H34N4O5S. The highest BCUT2D eigenvalue weighted by atomic mass is 32.2. The van der Waals surface area contributed by atoms with Gasteiger partial charge in [0.15, 0.2) is 11.4 Å². The molecule has 2 amide bonds. The minimum Gasteiger partial charge on any atom is -0.457 e. The van der Waals surface area contributed by atoms with Crippen LogP contribution in [0.15, 0.2) is 121 Å². The summed E-state index contributed by atoms with van der Waals surface area (Å²) in [6.45, 7) is -0.00509. The first-order valence-electron chi connectivity index (χ1n) is 14.6. The van der Waals surface area contributed by atoms with Crippen LogP contribution in [0, 0.1) is 0 Å². The van der Waals surface area contributed by atoms with E-state index >= 15 is 0 Å². The average Bonchev–Trinajstić information content (AvgIpc) is 3.49. The minimum absolute atomic E-state index is 0.00509. The second-order valence-corrected chi connectivity index (χ2v) is 11.6. The fourth-order valence-corrected chi connectivity index (χ4v) is 5.88. The van der Waals surface area contributed by atoms with Crippen molar-refractivity contribution in [3.05, 3.63) is 132 Å². The molecule has 1 fully saturated rings. The summed E-state index contributed by atoms with van der Waals surface area (Å²) in [4.78, 5) is 17.1. The Morgan fingerprint density at radius 1 is 0.889 bits per heavy atom. The highest BCUT2D eigenvalue weighted by Gasteiger charge is 2.32. The molecule has 10 heteroatoms. The molecule has 0 bridgehead atoms. The Bertz CT molecular complexity index is 1680. The number of rotatable bonds is 10. The molecule has 1 saturated heterocycles. The molecule has 1 aliphatic heterocycles. The first-order chi connectivity index (χ1) is 22.0. The van der Waals surface area contributed by atoms with Crippen LogP contribution in [0.25, 0.3) is 0 Å². The Balaban J connectivity index is 1.08. The monoisotopic (exact) mass is 622 g/mol. The number of hydrogen-bond acceptors (Lipinski definition) is 7. The number of nitrogens with one attached hydrogen (secondary N) is 2. The van der Waals surface area contributed by atoms with Crippen LogP contribution < -0.4 is 15.4 Å². The summed E-state index contributed by atoms with van der Waals surface area (Å²) in [5.74, 6) is 2.14. The van der Waals surface area contributed by atoms with Gasteiger partial charge in [0.25, 0.3) is 0 Å². The maximum absolute atomic E-state index is 12.7. The van der Waals surface area contributed by atoms with Gasteiger partial charge in [0.2, 0.25) is 0 Å². The number of thioether (sulfide) groups is 1. The number of hydrogen-bond donors (Lipinski definition) is 3. The zero-order chi connectivity index (χ0) is 31.0. The van der Waals surface area contributed by atoms with Crippen molar-refractivity contribution < 1.29 is 24.1 Å². The number of carbonyl (C=O) groups excluding carboxylic acids is 1. The average molecular weight is 623 g/mol. The van der Waals surface area contributed by atoms with Gasteiger partial charge < -0.3 is 34.5 Å². The molecule has 3 atom stereocenters. The number of imidazole rings is 1. The van der Waals surface area contributed by atoms with Crippen molar-refractivity contribution in [2.24, 2.45) is 7.05 Å². The Morgan fingerprint density at radius 3 is 2.18 bits per heavy atom. The molecule has 6 rings (SSSR count). The predicted octanol–water partition coefficient (Wildman–Crippen LogP) is 7.69. The highest BCUT2D eigenvalue weighted by molar-refractivity contribution is 7.99. The number of carbonyl (C=O) groups is 1. The van der Waals surface area contributed by atoms with Gasteiger partial charge in [0.1, 0.15) is 11.5 Å². The lowest BCUT2D eigenvalue weighted by Gasteiger charge is -2.36. The maximum atomic E-state index is 12.7. The number of aliphatic hydroxyl groups is 1. The van der Waals surface area contributed by atoms with E-state index in [0.717, 1.165) is 33.3 Å². The van der Waals surface area contributed by atoms with Crippen molar-refractivity contribution in [3.63, 3.8) is 0 Å². The van der Waals surface area contributed by atoms with Gasteiger partial charge >= 0.3 is 6.03 Å². The van der Waals surface area contributed by atoms with Crippen LogP contribution in [0.1, 0.15) is 35.5 Å². The van der Waals surface area contributed by atoms with Gasteiger partial charge in [-0.15, -0.1) is 0 Å². The standard InChI is InChI=1S/C35H34N4O5S/c1-39-20-19-36-35(39)45-23-31-21-32(25-9-7-24(22-40)8-10-25)44-33(43-31)26-11-13-27(14-12-26)37-34(41)38-28-15-17-30(18-16-28)42-29-5-3-2-4-6-29/h2-20,31-33,40H,21-23H2,1H3,(H2,37,38,41). The SMILES string of the molecule is Cn1ccnc1SCC1CC(c2ccc(CO)cc2)OC(c2ccc(NC(=O)Nc3ccc(Oc4ccccc4)cc3)cc2)O1. The fourth-order valence-electron chi connectivity index (χ4n) is 4.93. The van der Waals surface area contributed by atoms with E-state index in [1.54, 1.807) is 42.2 Å². The third kappa shape index (κ3) is 8.11. The molecule has 45 heavy (non-hydrogen) atoms. The molecule has 0 saturated carbocycles. The van der Waals surface area contributed by atoms with E-state index in [9.17, 15) is 9.90 Å². The predicted molar refractivity (Wildman–Crippen MR) is 174 cm³/mol. The lowest BCUT2D eigenvalue weighted by Crippen LogP contribution is -2.31. The molecular weight excluding hydrogens is 588 g/mol. The summed E-state index contributed by atoms with van der Waals surface area (Å²) in [7, 11) is 1.97. The minimum atomic E-state index is -0.590. The summed E-state index contributed by atoms with van der Waals surface area (Å²) < 4.78 is 20.7. The topological polar surface area (TPSA) is 107 Å². The molecule has 5 aromatic rings. The van der Waals surface area contributed by atoms with E-state index in [-0.39, 0.29) is 24.8 Å². The van der Waals surface area contributed by atoms with Crippen LogP contribution >= 0.6 is 11.8 Å². The van der Waals surface area contributed by atoms with Crippen molar-refractivity contribution in [2.75, 3.05) is 16.4 Å². The van der Waals surface area contributed by atoms with Crippen LogP contribution in [0.4, 0.5) is 16.2 Å². The van der Waals surface area contributed by atoms with Crippen LogP contribution in [0.5, 0.6) is 11.5 Å². The molecule has 0 aliphatic carbocycles. The molecule has 230 valence electrons. The first-order valence-corrected chi connectivity index (χ1v) is 15.6. The first kappa shape index (κ1) is 30.4. The number of amides is 2. The van der Waals surface area contributed by atoms with Crippen molar-refractivity contribution in [3.8, 4) is 11.5 Å². The van der Waals surface area contributed by atoms with E-state index in [0.29, 0.717) is 23.5 Å². The molecule has 0 spiro atoms. The largest absolute Gasteiger partial charge is 0.457 e. The van der Waals surface area contributed by atoms with Crippen LogP contribution in [-0.4, -0.2) is 32.5 Å². The van der Waals surface area contributed by atoms with E-state index in [2.05, 4.69) is 15.6 Å². The number of urea groups is 1. The molecule has 0 radical (unpaired) electrons. The quantitative estimate of drug-likeness (QED) is 0.137. The van der Waals surface area contributed by atoms with Gasteiger partial charge in [-0.3, -0.25) is 0 Å². The number of anilines is 2. The van der Waals surface area contributed by atoms with Crippen LogP contribution in [0.2, 0.25) is 0 Å². The second-order valence-electron chi connectivity index (χ2n) is 10.6. The number of aliphatic hydroxyl groups excluding tert-OH is 1. The molecule has 1 aromatic heterocycles. The normalized spacial score (nSPS) is 17.9. The van der Waals surface area contributed by atoms with Crippen molar-refractivity contribution >= 4 is 29.2 Å². The maximum Gasteiger partial charge on any atom is 0.323 e. The molecule has 9 nitrogen and oxygen atoms in total. The fraction of sp³-hybridized carbons (Fsp3) is 0.200. The van der Waals surface area contributed by atoms with Crippen molar-refractivity contribution in [2.45, 2.75) is 36.7 Å². The zero-order valence-electron chi connectivity index (χ0n) is 24.7. The molecule has 3 unspecified atom stereocenters. The van der Waals surface area contributed by atoms with Crippen molar-refractivity contribution in [1.82, 2.24) is 9.55 Å². The van der Waals surface area contributed by atoms with Crippen molar-refractivity contribution in [1.29, 1.82) is 0 Å². The summed E-state index contributed by atoms with van der Waals surface area (Å²) in [5, 5.41) is 16.1. The molecule has 4 aromatic carbocycles. The molecule has 1 aliphatic rings. The van der Waals surface area contributed by atoms with Crippen LogP contribution in [0.3, 0.4) is 0 Å². The molecule has 3 N–H and O–H groups in total. The highest BCUT2D eigenvalue weighted by Crippen LogP contribution is 2.39. The summed E-state index contributed by atoms with van der Waals surface area (Å²) in [6, 6.07) is 31.6. The Morgan fingerprint density at radius 2 is 1.53 bits per heavy atom. The number of para-hydroxylation sites is 1. The Kier molecular flexibility index (Phi) is 9.77. The number of ether oxygens (including phenoxy) is 3.